The lowest BCUT2D eigenvalue weighted by Gasteiger charge is -1.82. The van der Waals surface area contributed by atoms with Crippen molar-refractivity contribution in [3.63, 3.8) is 0 Å². The first kappa shape index (κ1) is 22.8. The van der Waals surface area contributed by atoms with E-state index in [9.17, 15) is 0 Å². The lowest BCUT2D eigenvalue weighted by Crippen LogP contribution is -1.89. The molecule has 12 heavy (non-hydrogen) atoms. The van der Waals surface area contributed by atoms with E-state index in [0.29, 0.717) is 0 Å². The van der Waals surface area contributed by atoms with Gasteiger partial charge in [-0.25, -0.2) is 4.57 Å². The molecule has 0 spiro atoms. The van der Waals surface area contributed by atoms with Gasteiger partial charge in [-0.3, -0.25) is 0 Å². The number of halogens is 1. The van der Waals surface area contributed by atoms with Crippen LogP contribution in [-0.2, 0) is 4.57 Å². The summed E-state index contributed by atoms with van der Waals surface area (Å²) >= 11 is 0. The second-order valence-electron chi connectivity index (χ2n) is 1.51. The van der Waals surface area contributed by atoms with E-state index < -0.39 is 7.82 Å². The Labute approximate surface area is 79.0 Å². The van der Waals surface area contributed by atoms with Gasteiger partial charge in [0.15, 0.2) is 0 Å². The maximum Gasteiger partial charge on any atom is 0.466 e. The molecule has 0 amide bonds. The van der Waals surface area contributed by atoms with Crippen LogP contribution >= 0.6 is 20.2 Å². The second-order valence-corrected chi connectivity index (χ2v) is 2.54. The Morgan fingerprint density at radius 3 is 0.917 bits per heavy atom. The van der Waals surface area contributed by atoms with Crippen molar-refractivity contribution in [2.45, 2.75) is 0 Å². The Morgan fingerprint density at radius 1 is 0.917 bits per heavy atom. The summed E-state index contributed by atoms with van der Waals surface area (Å²) in [4.78, 5) is 21.6. The molecule has 5 N–H and O–H groups in total. The molecule has 0 heterocycles. The fourth-order valence-corrected chi connectivity index (χ4v) is 0. The maximum absolute atomic E-state index is 8.88. The largest absolute Gasteiger partial charge is 0.466 e. The van der Waals surface area contributed by atoms with Crippen LogP contribution in [0.15, 0.2) is 0 Å². The van der Waals surface area contributed by atoms with Crippen LogP contribution < -0.4 is 10.6 Å². The summed E-state index contributed by atoms with van der Waals surface area (Å²) in [6, 6.07) is 0. The number of hydrogen-bond acceptors (Lipinski definition) is 3. The van der Waals surface area contributed by atoms with Crippen LogP contribution in [0.1, 0.15) is 0 Å². The highest BCUT2D eigenvalue weighted by molar-refractivity contribution is 7.45. The highest BCUT2D eigenvalue weighted by Gasteiger charge is 2.00. The normalized spacial score (nSPS) is 7.92. The lowest BCUT2D eigenvalue weighted by molar-refractivity contribution is 0.275. The zero-order valence-electron chi connectivity index (χ0n) is 7.61. The number of rotatable bonds is 0. The van der Waals surface area contributed by atoms with Gasteiger partial charge in [0.2, 0.25) is 0 Å². The van der Waals surface area contributed by atoms with Crippen LogP contribution in [0, 0.1) is 0 Å². The monoisotopic (exact) mass is 224 g/mol. The molecule has 80 valence electrons. The predicted molar refractivity (Wildman–Crippen MR) is 51.5 cm³/mol. The Hall–Kier alpha value is 0.320. The molecular weight excluding hydrogens is 206 g/mol. The van der Waals surface area contributed by atoms with E-state index in [1.807, 2.05) is 28.2 Å². The molecule has 0 atom stereocenters. The molecule has 0 aromatic heterocycles. The van der Waals surface area contributed by atoms with Crippen LogP contribution in [0.3, 0.4) is 0 Å². The number of hydrogen-bond donors (Lipinski definition) is 5. The first-order chi connectivity index (χ1) is 4.83. The Kier molecular flexibility index (Phi) is 33.1. The average molecular weight is 225 g/mol. The second kappa shape index (κ2) is 17.4. The zero-order chi connectivity index (χ0) is 9.91. The standard InChI is InChI=1S/2C2H7N.ClH.H3O4P/c2*1-3-2;;1-5(2,3)4/h2*3H,1-2H3;1H;(H3,1,2,3,4). The molecule has 0 bridgehead atoms. The van der Waals surface area contributed by atoms with Gasteiger partial charge in [-0.15, -0.1) is 12.4 Å². The summed E-state index contributed by atoms with van der Waals surface area (Å²) in [5, 5.41) is 5.50. The molecule has 0 saturated heterocycles. The Morgan fingerprint density at radius 2 is 0.917 bits per heavy atom. The smallest absolute Gasteiger partial charge is 0.323 e. The quantitative estimate of drug-likeness (QED) is 0.344. The first-order valence-corrected chi connectivity index (χ1v) is 4.35. The summed E-state index contributed by atoms with van der Waals surface area (Å²) in [5.74, 6) is 0. The van der Waals surface area contributed by atoms with Crippen molar-refractivity contribution in [2.75, 3.05) is 28.2 Å². The molecular formula is C4H18ClN2O4P. The van der Waals surface area contributed by atoms with Gasteiger partial charge in [-0.2, -0.15) is 0 Å². The summed E-state index contributed by atoms with van der Waals surface area (Å²) in [6.45, 7) is 0. The van der Waals surface area contributed by atoms with Crippen LogP contribution in [0.4, 0.5) is 0 Å². The van der Waals surface area contributed by atoms with Gasteiger partial charge < -0.3 is 25.3 Å². The average Bonchev–Trinajstić information content (AvgIpc) is 1.62. The Balaban J connectivity index is -0.0000000406. The maximum atomic E-state index is 8.88. The zero-order valence-corrected chi connectivity index (χ0v) is 9.32. The number of phosphoric acid groups is 1. The van der Waals surface area contributed by atoms with Crippen LogP contribution in [0.5, 0.6) is 0 Å². The summed E-state index contributed by atoms with van der Waals surface area (Å²) in [6.07, 6.45) is 0. The fraction of sp³-hybridized carbons (Fsp3) is 1.00. The minimum Gasteiger partial charge on any atom is -0.323 e. The highest BCUT2D eigenvalue weighted by Crippen LogP contribution is 2.25. The van der Waals surface area contributed by atoms with Crippen molar-refractivity contribution >= 4 is 20.2 Å². The van der Waals surface area contributed by atoms with Crippen molar-refractivity contribution < 1.29 is 19.2 Å². The molecule has 8 heteroatoms. The van der Waals surface area contributed by atoms with Crippen molar-refractivity contribution in [3.05, 3.63) is 0 Å². The summed E-state index contributed by atoms with van der Waals surface area (Å²) in [5.41, 5.74) is 0. The van der Waals surface area contributed by atoms with Crippen molar-refractivity contribution in [1.82, 2.24) is 10.6 Å². The third kappa shape index (κ3) is 8750. The van der Waals surface area contributed by atoms with Gasteiger partial charge >= 0.3 is 7.82 Å². The number of nitrogens with one attached hydrogen (secondary N) is 2. The topological polar surface area (TPSA) is 102 Å². The van der Waals surface area contributed by atoms with Gasteiger partial charge in [0.25, 0.3) is 0 Å². The van der Waals surface area contributed by atoms with E-state index >= 15 is 0 Å². The highest BCUT2D eigenvalue weighted by atomic mass is 35.5. The molecule has 0 rings (SSSR count). The lowest BCUT2D eigenvalue weighted by atomic mass is 11.3. The molecule has 0 aromatic carbocycles. The third-order valence-electron chi connectivity index (χ3n) is 0. The Bertz CT molecular complexity index is 88.8. The van der Waals surface area contributed by atoms with Gasteiger partial charge in [0, 0.05) is 0 Å². The molecule has 0 aromatic rings. The molecule has 0 saturated carbocycles. The van der Waals surface area contributed by atoms with E-state index in [2.05, 4.69) is 10.6 Å². The predicted octanol–water partition coefficient (Wildman–Crippen LogP) is -0.836. The molecule has 6 nitrogen and oxygen atoms in total. The van der Waals surface area contributed by atoms with Crippen LogP contribution in [0.25, 0.3) is 0 Å². The third-order valence-corrected chi connectivity index (χ3v) is 0. The fourth-order valence-electron chi connectivity index (χ4n) is 0. The molecule has 0 unspecified atom stereocenters. The molecule has 0 aliphatic carbocycles. The van der Waals surface area contributed by atoms with Gasteiger partial charge in [0.1, 0.15) is 0 Å². The van der Waals surface area contributed by atoms with E-state index in [1.54, 1.807) is 0 Å². The van der Waals surface area contributed by atoms with E-state index in [1.165, 1.54) is 0 Å². The molecule has 0 fully saturated rings. The van der Waals surface area contributed by atoms with Gasteiger partial charge in [0.05, 0.1) is 0 Å². The van der Waals surface area contributed by atoms with E-state index in [0.717, 1.165) is 0 Å². The van der Waals surface area contributed by atoms with Gasteiger partial charge in [-0.05, 0) is 28.2 Å². The molecule has 0 aliphatic rings. The van der Waals surface area contributed by atoms with Crippen molar-refractivity contribution in [1.29, 1.82) is 0 Å². The van der Waals surface area contributed by atoms with Crippen LogP contribution in [0.2, 0.25) is 0 Å². The minimum atomic E-state index is -4.64. The first-order valence-electron chi connectivity index (χ1n) is 2.78. The van der Waals surface area contributed by atoms with E-state index in [-0.39, 0.29) is 12.4 Å². The minimum absolute atomic E-state index is 0. The van der Waals surface area contributed by atoms with Crippen molar-refractivity contribution in [3.8, 4) is 0 Å². The summed E-state index contributed by atoms with van der Waals surface area (Å²) in [7, 11) is 2.86. The van der Waals surface area contributed by atoms with Crippen LogP contribution in [-0.4, -0.2) is 42.9 Å². The summed E-state index contributed by atoms with van der Waals surface area (Å²) < 4.78 is 8.88. The van der Waals surface area contributed by atoms with Crippen molar-refractivity contribution in [2.24, 2.45) is 0 Å². The molecule has 0 radical (unpaired) electrons. The van der Waals surface area contributed by atoms with E-state index in [4.69, 9.17) is 19.2 Å². The SMILES string of the molecule is CNC.CNC.Cl.O=P(O)(O)O. The molecule has 0 aliphatic heterocycles. The van der Waals surface area contributed by atoms with Gasteiger partial charge in [-0.1, -0.05) is 0 Å².